The highest BCUT2D eigenvalue weighted by Gasteiger charge is 2.11. The second-order valence-electron chi connectivity index (χ2n) is 4.01. The van der Waals surface area contributed by atoms with E-state index in [1.54, 1.807) is 11.3 Å². The maximum Gasteiger partial charge on any atom is 0.146 e. The van der Waals surface area contributed by atoms with Crippen molar-refractivity contribution in [2.75, 3.05) is 11.4 Å². The molecule has 1 heterocycles. The Bertz CT molecular complexity index is 499. The largest absolute Gasteiger partial charge is 0.364 e. The molecule has 0 saturated carbocycles. The standard InChI is InChI=1S/C14H15ClFNS/c1-2-17(10-12-4-3-7-18-12)14-6-5-11(9-15)8-13(14)16/h3-8H,2,9-10H2,1H3. The van der Waals surface area contributed by atoms with Crippen molar-refractivity contribution in [2.45, 2.75) is 19.3 Å². The molecule has 2 aromatic rings. The molecule has 0 amide bonds. The molecule has 0 saturated heterocycles. The molecule has 0 bridgehead atoms. The average Bonchev–Trinajstić information content (AvgIpc) is 2.89. The Morgan fingerprint density at radius 1 is 1.33 bits per heavy atom. The molecule has 0 aliphatic rings. The number of rotatable bonds is 5. The molecular weight excluding hydrogens is 269 g/mol. The van der Waals surface area contributed by atoms with Gasteiger partial charge in [-0.2, -0.15) is 0 Å². The summed E-state index contributed by atoms with van der Waals surface area (Å²) >= 11 is 7.39. The molecule has 2 rings (SSSR count). The van der Waals surface area contributed by atoms with Crippen LogP contribution in [0.25, 0.3) is 0 Å². The summed E-state index contributed by atoms with van der Waals surface area (Å²) < 4.78 is 14.0. The Labute approximate surface area is 116 Å². The quantitative estimate of drug-likeness (QED) is 0.722. The van der Waals surface area contributed by atoms with Crippen LogP contribution in [0.1, 0.15) is 17.4 Å². The van der Waals surface area contributed by atoms with E-state index >= 15 is 0 Å². The molecule has 0 atom stereocenters. The van der Waals surface area contributed by atoms with Gasteiger partial charge in [0.2, 0.25) is 0 Å². The summed E-state index contributed by atoms with van der Waals surface area (Å²) in [4.78, 5) is 3.26. The van der Waals surface area contributed by atoms with Crippen LogP contribution in [-0.2, 0) is 12.4 Å². The lowest BCUT2D eigenvalue weighted by atomic mass is 10.2. The fourth-order valence-electron chi connectivity index (χ4n) is 1.85. The summed E-state index contributed by atoms with van der Waals surface area (Å²) in [6, 6.07) is 9.28. The lowest BCUT2D eigenvalue weighted by Gasteiger charge is -2.23. The zero-order chi connectivity index (χ0) is 13.0. The van der Waals surface area contributed by atoms with Gasteiger partial charge in [0.15, 0.2) is 0 Å². The van der Waals surface area contributed by atoms with Crippen molar-refractivity contribution in [1.82, 2.24) is 0 Å². The molecule has 0 aliphatic heterocycles. The minimum Gasteiger partial charge on any atom is -0.364 e. The van der Waals surface area contributed by atoms with Gasteiger partial charge >= 0.3 is 0 Å². The van der Waals surface area contributed by atoms with Gasteiger partial charge in [-0.25, -0.2) is 4.39 Å². The van der Waals surface area contributed by atoms with Gasteiger partial charge in [-0.05, 0) is 36.1 Å². The van der Waals surface area contributed by atoms with E-state index in [-0.39, 0.29) is 5.82 Å². The molecular formula is C14H15ClFNS. The zero-order valence-corrected chi connectivity index (χ0v) is 11.8. The second kappa shape index (κ2) is 6.21. The molecule has 96 valence electrons. The van der Waals surface area contributed by atoms with E-state index in [0.717, 1.165) is 18.7 Å². The number of hydrogen-bond donors (Lipinski definition) is 0. The molecule has 4 heteroatoms. The lowest BCUT2D eigenvalue weighted by molar-refractivity contribution is 0.617. The van der Waals surface area contributed by atoms with Gasteiger partial charge in [0.05, 0.1) is 12.2 Å². The van der Waals surface area contributed by atoms with Crippen LogP contribution in [0, 0.1) is 5.82 Å². The number of alkyl halides is 1. The number of thiophene rings is 1. The highest BCUT2D eigenvalue weighted by Crippen LogP contribution is 2.24. The minimum absolute atomic E-state index is 0.202. The van der Waals surface area contributed by atoms with Gasteiger partial charge in [-0.1, -0.05) is 12.1 Å². The van der Waals surface area contributed by atoms with Gasteiger partial charge in [0.25, 0.3) is 0 Å². The van der Waals surface area contributed by atoms with Gasteiger partial charge < -0.3 is 4.90 Å². The Morgan fingerprint density at radius 3 is 2.72 bits per heavy atom. The molecule has 0 fully saturated rings. The summed E-state index contributed by atoms with van der Waals surface area (Å²) in [5.41, 5.74) is 1.45. The molecule has 0 unspecified atom stereocenters. The molecule has 0 aliphatic carbocycles. The monoisotopic (exact) mass is 283 g/mol. The first-order valence-electron chi connectivity index (χ1n) is 5.86. The van der Waals surface area contributed by atoms with Crippen LogP contribution < -0.4 is 4.90 Å². The number of nitrogens with zero attached hydrogens (tertiary/aromatic N) is 1. The van der Waals surface area contributed by atoms with Gasteiger partial charge in [0.1, 0.15) is 5.82 Å². The van der Waals surface area contributed by atoms with Gasteiger partial charge in [-0.3, -0.25) is 0 Å². The van der Waals surface area contributed by atoms with E-state index in [9.17, 15) is 4.39 Å². The van der Waals surface area contributed by atoms with Gasteiger partial charge in [0, 0.05) is 17.3 Å². The molecule has 1 nitrogen and oxygen atoms in total. The highest BCUT2D eigenvalue weighted by molar-refractivity contribution is 7.09. The summed E-state index contributed by atoms with van der Waals surface area (Å²) in [6.45, 7) is 3.54. The maximum atomic E-state index is 14.0. The van der Waals surface area contributed by atoms with Crippen LogP contribution in [-0.4, -0.2) is 6.54 Å². The predicted octanol–water partition coefficient (Wildman–Crippen LogP) is 4.65. The molecule has 0 radical (unpaired) electrons. The number of halogens is 2. The summed E-state index contributed by atoms with van der Waals surface area (Å²) in [5.74, 6) is 0.139. The number of anilines is 1. The normalized spacial score (nSPS) is 10.6. The Hall–Kier alpha value is -1.06. The Kier molecular flexibility index (Phi) is 4.61. The van der Waals surface area contributed by atoms with Crippen LogP contribution in [0.15, 0.2) is 35.7 Å². The van der Waals surface area contributed by atoms with Crippen molar-refractivity contribution in [3.63, 3.8) is 0 Å². The molecule has 18 heavy (non-hydrogen) atoms. The first-order valence-corrected chi connectivity index (χ1v) is 7.27. The Balaban J connectivity index is 2.22. The van der Waals surface area contributed by atoms with E-state index in [1.807, 2.05) is 35.4 Å². The zero-order valence-electron chi connectivity index (χ0n) is 10.2. The fourth-order valence-corrected chi connectivity index (χ4v) is 2.73. The maximum absolute atomic E-state index is 14.0. The summed E-state index contributed by atoms with van der Waals surface area (Å²) in [6.07, 6.45) is 0. The van der Waals surface area contributed by atoms with Crippen molar-refractivity contribution in [3.8, 4) is 0 Å². The SMILES string of the molecule is CCN(Cc1cccs1)c1ccc(CCl)cc1F. The third-order valence-electron chi connectivity index (χ3n) is 2.82. The first kappa shape index (κ1) is 13.4. The number of benzene rings is 1. The summed E-state index contributed by atoms with van der Waals surface area (Å²) in [7, 11) is 0. The highest BCUT2D eigenvalue weighted by atomic mass is 35.5. The van der Waals surface area contributed by atoms with E-state index in [0.29, 0.717) is 11.6 Å². The molecule has 0 N–H and O–H groups in total. The van der Waals surface area contributed by atoms with E-state index < -0.39 is 0 Å². The van der Waals surface area contributed by atoms with Crippen LogP contribution in [0.2, 0.25) is 0 Å². The minimum atomic E-state index is -0.202. The van der Waals surface area contributed by atoms with Gasteiger partial charge in [-0.15, -0.1) is 22.9 Å². The lowest BCUT2D eigenvalue weighted by Crippen LogP contribution is -2.22. The van der Waals surface area contributed by atoms with Crippen LogP contribution >= 0.6 is 22.9 Å². The van der Waals surface area contributed by atoms with Crippen molar-refractivity contribution >= 4 is 28.6 Å². The first-order chi connectivity index (χ1) is 8.74. The topological polar surface area (TPSA) is 3.24 Å². The van der Waals surface area contributed by atoms with Crippen LogP contribution in [0.4, 0.5) is 10.1 Å². The molecule has 1 aromatic heterocycles. The fraction of sp³-hybridized carbons (Fsp3) is 0.286. The smallest absolute Gasteiger partial charge is 0.146 e. The van der Waals surface area contributed by atoms with Crippen molar-refractivity contribution in [2.24, 2.45) is 0 Å². The number of hydrogen-bond acceptors (Lipinski definition) is 2. The van der Waals surface area contributed by atoms with E-state index in [4.69, 9.17) is 11.6 Å². The molecule has 0 spiro atoms. The van der Waals surface area contributed by atoms with Crippen molar-refractivity contribution in [1.29, 1.82) is 0 Å². The van der Waals surface area contributed by atoms with Crippen molar-refractivity contribution in [3.05, 3.63) is 52.0 Å². The molecule has 1 aromatic carbocycles. The van der Waals surface area contributed by atoms with E-state index in [1.165, 1.54) is 10.9 Å². The third-order valence-corrected chi connectivity index (χ3v) is 3.99. The third kappa shape index (κ3) is 3.03. The summed E-state index contributed by atoms with van der Waals surface area (Å²) in [5, 5.41) is 2.04. The second-order valence-corrected chi connectivity index (χ2v) is 5.31. The Morgan fingerprint density at radius 2 is 2.17 bits per heavy atom. The average molecular weight is 284 g/mol. The van der Waals surface area contributed by atoms with Crippen LogP contribution in [0.3, 0.4) is 0 Å². The van der Waals surface area contributed by atoms with Crippen molar-refractivity contribution < 1.29 is 4.39 Å². The van der Waals surface area contributed by atoms with Crippen LogP contribution in [0.5, 0.6) is 0 Å². The van der Waals surface area contributed by atoms with E-state index in [2.05, 4.69) is 6.07 Å². The predicted molar refractivity (Wildman–Crippen MR) is 77.0 cm³/mol.